The average Bonchev–Trinajstić information content (AvgIpc) is 3.43. The Morgan fingerprint density at radius 1 is 1.21 bits per heavy atom. The first-order valence-corrected chi connectivity index (χ1v) is 12.2. The van der Waals surface area contributed by atoms with E-state index in [0.29, 0.717) is 41.5 Å². The Hall–Kier alpha value is -3.31. The number of thiazole rings is 1. The van der Waals surface area contributed by atoms with E-state index in [4.69, 9.17) is 19.4 Å². The molecular weight excluding hydrogens is 454 g/mol. The highest BCUT2D eigenvalue weighted by Crippen LogP contribution is 2.36. The summed E-state index contributed by atoms with van der Waals surface area (Å²) >= 11 is 1.25. The number of nitrogens with zero attached hydrogens (tertiary/aromatic N) is 6. The minimum atomic E-state index is -0.364. The molecule has 10 nitrogen and oxygen atoms in total. The molecule has 5 rings (SSSR count). The molecule has 0 amide bonds. The summed E-state index contributed by atoms with van der Waals surface area (Å²) in [4.78, 5) is 35.7. The lowest BCUT2D eigenvalue weighted by molar-refractivity contribution is 0.0531. The number of nitrogens with one attached hydrogen (secondary N) is 1. The summed E-state index contributed by atoms with van der Waals surface area (Å²) in [7, 11) is 0. The van der Waals surface area contributed by atoms with E-state index in [0.717, 1.165) is 55.4 Å². The number of rotatable bonds is 7. The molecule has 2 aliphatic heterocycles. The second kappa shape index (κ2) is 9.90. The number of anilines is 4. The van der Waals surface area contributed by atoms with Gasteiger partial charge < -0.3 is 19.3 Å². The van der Waals surface area contributed by atoms with Gasteiger partial charge in [-0.05, 0) is 31.9 Å². The lowest BCUT2D eigenvalue weighted by Crippen LogP contribution is -2.37. The van der Waals surface area contributed by atoms with Crippen LogP contribution in [0.2, 0.25) is 0 Å². The average molecular weight is 482 g/mol. The van der Waals surface area contributed by atoms with Crippen LogP contribution in [0.15, 0.2) is 24.5 Å². The van der Waals surface area contributed by atoms with Crippen molar-refractivity contribution in [2.45, 2.75) is 26.8 Å². The highest BCUT2D eigenvalue weighted by atomic mass is 32.1. The topological polar surface area (TPSA) is 106 Å². The molecule has 3 aromatic rings. The van der Waals surface area contributed by atoms with E-state index in [2.05, 4.69) is 31.2 Å². The first kappa shape index (κ1) is 22.5. The molecule has 0 saturated carbocycles. The normalized spacial score (nSPS) is 15.4. The molecule has 3 aromatic heterocycles. The zero-order chi connectivity index (χ0) is 23.5. The standard InChI is InChI=1S/C23H27N7O3S/c1-3-33-21(31)18-15(2)25-23(34-18)28-22-26-19(29-9-11-32-12-10-29)17-6-8-30(20(17)27-22)14-16-5-4-7-24-13-16/h4-5,7,13H,3,6,8-12,14H2,1-2H3,(H,25,26,27,28). The van der Waals surface area contributed by atoms with Gasteiger partial charge >= 0.3 is 5.97 Å². The second-order valence-corrected chi connectivity index (χ2v) is 9.08. The van der Waals surface area contributed by atoms with Gasteiger partial charge in [-0.1, -0.05) is 17.4 Å². The zero-order valence-corrected chi connectivity index (χ0v) is 20.1. The molecule has 0 unspecified atom stereocenters. The summed E-state index contributed by atoms with van der Waals surface area (Å²) in [6.45, 7) is 8.42. The van der Waals surface area contributed by atoms with Gasteiger partial charge in [-0.3, -0.25) is 10.3 Å². The van der Waals surface area contributed by atoms with Crippen LogP contribution in [0.3, 0.4) is 0 Å². The van der Waals surface area contributed by atoms with Gasteiger partial charge in [0.05, 0.1) is 25.5 Å². The predicted molar refractivity (Wildman–Crippen MR) is 130 cm³/mol. The van der Waals surface area contributed by atoms with E-state index in [1.165, 1.54) is 11.3 Å². The second-order valence-electron chi connectivity index (χ2n) is 8.08. The highest BCUT2D eigenvalue weighted by molar-refractivity contribution is 7.17. The van der Waals surface area contributed by atoms with Crippen LogP contribution in [0, 0.1) is 6.92 Å². The zero-order valence-electron chi connectivity index (χ0n) is 19.3. The van der Waals surface area contributed by atoms with Crippen LogP contribution >= 0.6 is 11.3 Å². The number of ether oxygens (including phenoxy) is 2. The monoisotopic (exact) mass is 481 g/mol. The van der Waals surface area contributed by atoms with Crippen molar-refractivity contribution in [3.05, 3.63) is 46.2 Å². The number of fused-ring (bicyclic) bond motifs is 1. The van der Waals surface area contributed by atoms with Gasteiger partial charge in [0, 0.05) is 44.1 Å². The third-order valence-electron chi connectivity index (χ3n) is 5.78. The maximum Gasteiger partial charge on any atom is 0.350 e. The van der Waals surface area contributed by atoms with Crippen molar-refractivity contribution < 1.29 is 14.3 Å². The third-order valence-corrected chi connectivity index (χ3v) is 6.83. The molecule has 0 spiro atoms. The number of hydrogen-bond donors (Lipinski definition) is 1. The molecule has 0 aromatic carbocycles. The molecule has 178 valence electrons. The number of aromatic nitrogens is 4. The summed E-state index contributed by atoms with van der Waals surface area (Å²) < 4.78 is 10.7. The number of pyridine rings is 1. The van der Waals surface area contributed by atoms with Crippen LogP contribution in [-0.2, 0) is 22.4 Å². The molecule has 0 aliphatic carbocycles. The Morgan fingerprint density at radius 3 is 2.79 bits per heavy atom. The van der Waals surface area contributed by atoms with Crippen LogP contribution < -0.4 is 15.1 Å². The van der Waals surface area contributed by atoms with E-state index in [1.807, 2.05) is 12.3 Å². The summed E-state index contributed by atoms with van der Waals surface area (Å²) in [5, 5.41) is 3.80. The highest BCUT2D eigenvalue weighted by Gasteiger charge is 2.29. The largest absolute Gasteiger partial charge is 0.462 e. The van der Waals surface area contributed by atoms with Crippen molar-refractivity contribution in [1.82, 2.24) is 19.9 Å². The van der Waals surface area contributed by atoms with Crippen LogP contribution in [0.1, 0.15) is 33.4 Å². The Morgan fingerprint density at radius 2 is 2.03 bits per heavy atom. The number of esters is 1. The van der Waals surface area contributed by atoms with Crippen LogP contribution in [0.4, 0.5) is 22.7 Å². The fourth-order valence-corrected chi connectivity index (χ4v) is 5.04. The number of carbonyl (C=O) groups excluding carboxylic acids is 1. The van der Waals surface area contributed by atoms with E-state index < -0.39 is 0 Å². The SMILES string of the molecule is CCOC(=O)c1sc(Nc2nc(N3CCOCC3)c3c(n2)N(Cc2cccnc2)CC3)nc1C. The fraction of sp³-hybridized carbons (Fsp3) is 0.435. The lowest BCUT2D eigenvalue weighted by Gasteiger charge is -2.29. The van der Waals surface area contributed by atoms with Crippen molar-refractivity contribution in [3.63, 3.8) is 0 Å². The van der Waals surface area contributed by atoms with Gasteiger partial charge in [0.1, 0.15) is 16.5 Å². The first-order valence-electron chi connectivity index (χ1n) is 11.4. The summed E-state index contributed by atoms with van der Waals surface area (Å²) in [6, 6.07) is 4.02. The minimum Gasteiger partial charge on any atom is -0.462 e. The predicted octanol–water partition coefficient (Wildman–Crippen LogP) is 2.96. The van der Waals surface area contributed by atoms with Crippen molar-refractivity contribution in [2.75, 3.05) is 54.6 Å². The van der Waals surface area contributed by atoms with Gasteiger partial charge in [0.15, 0.2) is 5.13 Å². The van der Waals surface area contributed by atoms with Crippen LogP contribution in [-0.4, -0.2) is 65.4 Å². The fourth-order valence-electron chi connectivity index (χ4n) is 4.19. The van der Waals surface area contributed by atoms with Gasteiger partial charge in [-0.15, -0.1) is 0 Å². The summed E-state index contributed by atoms with van der Waals surface area (Å²) in [6.07, 6.45) is 4.55. The first-order chi connectivity index (χ1) is 16.6. The molecule has 1 N–H and O–H groups in total. The van der Waals surface area contributed by atoms with Gasteiger partial charge in [0.25, 0.3) is 0 Å². The number of carbonyl (C=O) groups is 1. The Labute approximate surface area is 202 Å². The Bertz CT molecular complexity index is 1160. The Kier molecular flexibility index (Phi) is 6.54. The molecule has 34 heavy (non-hydrogen) atoms. The molecule has 2 aliphatic rings. The molecule has 1 saturated heterocycles. The summed E-state index contributed by atoms with van der Waals surface area (Å²) in [5.74, 6) is 1.95. The van der Waals surface area contributed by atoms with E-state index in [-0.39, 0.29) is 5.97 Å². The number of hydrogen-bond acceptors (Lipinski definition) is 11. The molecule has 5 heterocycles. The van der Waals surface area contributed by atoms with Crippen molar-refractivity contribution in [2.24, 2.45) is 0 Å². The van der Waals surface area contributed by atoms with Gasteiger partial charge in [-0.2, -0.15) is 9.97 Å². The molecule has 0 bridgehead atoms. The van der Waals surface area contributed by atoms with E-state index in [1.54, 1.807) is 20.0 Å². The number of morpholine rings is 1. The minimum absolute atomic E-state index is 0.322. The lowest BCUT2D eigenvalue weighted by atomic mass is 10.2. The van der Waals surface area contributed by atoms with Crippen LogP contribution in [0.5, 0.6) is 0 Å². The van der Waals surface area contributed by atoms with E-state index >= 15 is 0 Å². The molecule has 11 heteroatoms. The molecular formula is C23H27N7O3S. The van der Waals surface area contributed by atoms with Crippen molar-refractivity contribution in [1.29, 1.82) is 0 Å². The molecule has 1 fully saturated rings. The van der Waals surface area contributed by atoms with E-state index in [9.17, 15) is 4.79 Å². The number of aryl methyl sites for hydroxylation is 1. The van der Waals surface area contributed by atoms with Crippen molar-refractivity contribution >= 4 is 40.0 Å². The quantitative estimate of drug-likeness (QED) is 0.506. The Balaban J connectivity index is 1.47. The van der Waals surface area contributed by atoms with Gasteiger partial charge in [0.2, 0.25) is 5.95 Å². The molecule has 0 radical (unpaired) electrons. The van der Waals surface area contributed by atoms with Crippen molar-refractivity contribution in [3.8, 4) is 0 Å². The van der Waals surface area contributed by atoms with Crippen LogP contribution in [0.25, 0.3) is 0 Å². The summed E-state index contributed by atoms with van der Waals surface area (Å²) in [5.41, 5.74) is 2.91. The maximum absolute atomic E-state index is 12.2. The van der Waals surface area contributed by atoms with Gasteiger partial charge in [-0.25, -0.2) is 9.78 Å². The maximum atomic E-state index is 12.2. The smallest absolute Gasteiger partial charge is 0.350 e. The molecule has 0 atom stereocenters. The third kappa shape index (κ3) is 4.66.